The fourth-order valence-corrected chi connectivity index (χ4v) is 8.91. The van der Waals surface area contributed by atoms with Crippen LogP contribution < -0.4 is 9.80 Å². The summed E-state index contributed by atoms with van der Waals surface area (Å²) in [5, 5.41) is 9.36. The summed E-state index contributed by atoms with van der Waals surface area (Å²) < 4.78 is 4.89. The molecule has 3 heterocycles. The number of ether oxygens (including phenoxy) is 1. The van der Waals surface area contributed by atoms with Gasteiger partial charge in [-0.3, -0.25) is 14.4 Å². The van der Waals surface area contributed by atoms with Gasteiger partial charge in [-0.25, -0.2) is 0 Å². The molecule has 8 nitrogen and oxygen atoms in total. The number of esters is 1. The second kappa shape index (κ2) is 13.3. The first-order valence-electron chi connectivity index (χ1n) is 14.5. The summed E-state index contributed by atoms with van der Waals surface area (Å²) in [5.41, 5.74) is 1.84. The fraction of sp³-hybridized carbons (Fsp3) is 0.581. The minimum atomic E-state index is -0.702. The van der Waals surface area contributed by atoms with Crippen molar-refractivity contribution in [1.29, 1.82) is 0 Å². The van der Waals surface area contributed by atoms with Crippen LogP contribution in [0.4, 0.5) is 11.4 Å². The quantitative estimate of drug-likeness (QED) is 0.194. The number of fused-ring (bicyclic) bond motifs is 1. The summed E-state index contributed by atoms with van der Waals surface area (Å²) >= 11 is 1.64. The van der Waals surface area contributed by atoms with Crippen LogP contribution in [0.3, 0.4) is 0 Å². The largest absolute Gasteiger partial charge is 0.465 e. The average molecular weight is 570 g/mol. The Kier molecular flexibility index (Phi) is 10.0. The van der Waals surface area contributed by atoms with Crippen molar-refractivity contribution < 1.29 is 24.2 Å². The summed E-state index contributed by atoms with van der Waals surface area (Å²) in [6, 6.07) is 7.26. The molecule has 3 aliphatic rings. The Morgan fingerprint density at radius 1 is 1.15 bits per heavy atom. The average Bonchev–Trinajstić information content (AvgIpc) is 3.60. The molecule has 1 spiro atoms. The van der Waals surface area contributed by atoms with Gasteiger partial charge in [0, 0.05) is 49.4 Å². The van der Waals surface area contributed by atoms with Crippen molar-refractivity contribution in [3.05, 3.63) is 49.6 Å². The smallest absolute Gasteiger partial charge is 0.310 e. The SMILES string of the molecule is C=CCCOC(=O)[C@@H]1[C@H]2C(=O)N(CCCCO)C(C(=O)N(CC=C)c3ccc(N(CC)CC)cc3)C23CC[C@H]1S3. The highest BCUT2D eigenvalue weighted by Crippen LogP contribution is 2.66. The van der Waals surface area contributed by atoms with Gasteiger partial charge in [-0.15, -0.1) is 24.9 Å². The van der Waals surface area contributed by atoms with Crippen LogP contribution in [0.5, 0.6) is 0 Å². The molecular formula is C31H43N3O5S. The molecule has 2 unspecified atom stereocenters. The predicted molar refractivity (Wildman–Crippen MR) is 160 cm³/mol. The van der Waals surface area contributed by atoms with Crippen LogP contribution in [0.25, 0.3) is 0 Å². The number of carbonyl (C=O) groups excluding carboxylic acids is 3. The van der Waals surface area contributed by atoms with E-state index in [2.05, 4.69) is 31.9 Å². The molecule has 40 heavy (non-hydrogen) atoms. The van der Waals surface area contributed by atoms with Gasteiger partial charge in [-0.2, -0.15) is 0 Å². The third kappa shape index (κ3) is 5.42. The number of hydrogen-bond acceptors (Lipinski definition) is 7. The Labute approximate surface area is 242 Å². The molecule has 2 amide bonds. The van der Waals surface area contributed by atoms with E-state index >= 15 is 0 Å². The first-order valence-corrected chi connectivity index (χ1v) is 15.4. The molecule has 0 aliphatic carbocycles. The molecule has 1 aromatic carbocycles. The molecule has 3 aliphatic heterocycles. The van der Waals surface area contributed by atoms with E-state index in [0.29, 0.717) is 38.8 Å². The normalized spacial score (nSPS) is 26.5. The summed E-state index contributed by atoms with van der Waals surface area (Å²) in [5.74, 6) is -1.80. The highest BCUT2D eigenvalue weighted by Gasteiger charge is 2.74. The molecule has 5 atom stereocenters. The van der Waals surface area contributed by atoms with Crippen molar-refractivity contribution in [2.24, 2.45) is 11.8 Å². The number of benzene rings is 1. The van der Waals surface area contributed by atoms with Crippen molar-refractivity contribution in [3.63, 3.8) is 0 Å². The van der Waals surface area contributed by atoms with Crippen LogP contribution in [0.15, 0.2) is 49.6 Å². The van der Waals surface area contributed by atoms with Gasteiger partial charge in [0.1, 0.15) is 6.04 Å². The minimum absolute atomic E-state index is 0.0196. The third-order valence-electron chi connectivity index (χ3n) is 8.55. The number of carbonyl (C=O) groups is 3. The van der Waals surface area contributed by atoms with E-state index in [1.807, 2.05) is 24.3 Å². The molecule has 3 saturated heterocycles. The second-order valence-electron chi connectivity index (χ2n) is 10.7. The predicted octanol–water partition coefficient (Wildman–Crippen LogP) is 4.03. The molecule has 0 saturated carbocycles. The van der Waals surface area contributed by atoms with E-state index < -0.39 is 22.6 Å². The van der Waals surface area contributed by atoms with Gasteiger partial charge in [-0.05, 0) is 70.2 Å². The number of thioether (sulfide) groups is 1. The van der Waals surface area contributed by atoms with Crippen LogP contribution in [0.2, 0.25) is 0 Å². The number of likely N-dealkylation sites (tertiary alicyclic amines) is 1. The molecule has 1 aromatic rings. The van der Waals surface area contributed by atoms with Crippen molar-refractivity contribution in [2.45, 2.75) is 62.0 Å². The van der Waals surface area contributed by atoms with Gasteiger partial charge in [0.05, 0.1) is 23.2 Å². The van der Waals surface area contributed by atoms with Gasteiger partial charge < -0.3 is 24.5 Å². The van der Waals surface area contributed by atoms with Crippen LogP contribution in [-0.2, 0) is 19.1 Å². The number of amides is 2. The number of anilines is 2. The van der Waals surface area contributed by atoms with Crippen LogP contribution >= 0.6 is 11.8 Å². The van der Waals surface area contributed by atoms with E-state index in [-0.39, 0.29) is 36.2 Å². The van der Waals surface area contributed by atoms with Gasteiger partial charge in [0.15, 0.2) is 0 Å². The van der Waals surface area contributed by atoms with Gasteiger partial charge >= 0.3 is 5.97 Å². The van der Waals surface area contributed by atoms with Crippen LogP contribution in [0.1, 0.15) is 46.0 Å². The number of aliphatic hydroxyl groups excluding tert-OH is 1. The lowest BCUT2D eigenvalue weighted by Gasteiger charge is -2.37. The molecule has 0 radical (unpaired) electrons. The fourth-order valence-electron chi connectivity index (χ4n) is 6.71. The summed E-state index contributed by atoms with van der Waals surface area (Å²) in [6.07, 6.45) is 6.54. The molecule has 2 bridgehead atoms. The molecule has 0 aromatic heterocycles. The molecular weight excluding hydrogens is 526 g/mol. The Morgan fingerprint density at radius 2 is 1.85 bits per heavy atom. The monoisotopic (exact) mass is 569 g/mol. The maximum Gasteiger partial charge on any atom is 0.310 e. The molecule has 1 N–H and O–H groups in total. The number of rotatable bonds is 15. The zero-order chi connectivity index (χ0) is 28.9. The van der Waals surface area contributed by atoms with Crippen molar-refractivity contribution >= 4 is 40.9 Å². The van der Waals surface area contributed by atoms with Crippen molar-refractivity contribution in [1.82, 2.24) is 4.90 Å². The summed E-state index contributed by atoms with van der Waals surface area (Å²) in [7, 11) is 0. The summed E-state index contributed by atoms with van der Waals surface area (Å²) in [6.45, 7) is 14.5. The Hall–Kier alpha value is -2.78. The van der Waals surface area contributed by atoms with E-state index in [1.54, 1.807) is 33.7 Å². The van der Waals surface area contributed by atoms with E-state index in [4.69, 9.17) is 4.74 Å². The zero-order valence-electron chi connectivity index (χ0n) is 23.8. The molecule has 3 fully saturated rings. The summed E-state index contributed by atoms with van der Waals surface area (Å²) in [4.78, 5) is 47.5. The third-order valence-corrected chi connectivity index (χ3v) is 10.5. The van der Waals surface area contributed by atoms with Crippen LogP contribution in [-0.4, -0.2) is 83.2 Å². The Bertz CT molecular complexity index is 1090. The van der Waals surface area contributed by atoms with E-state index in [0.717, 1.165) is 30.9 Å². The number of nitrogens with zero attached hydrogens (tertiary/aromatic N) is 3. The second-order valence-corrected chi connectivity index (χ2v) is 12.3. The number of aliphatic hydroxyl groups is 1. The highest BCUT2D eigenvalue weighted by atomic mass is 32.2. The Morgan fingerprint density at radius 3 is 2.48 bits per heavy atom. The molecule has 218 valence electrons. The molecule has 4 rings (SSSR count). The topological polar surface area (TPSA) is 90.4 Å². The van der Waals surface area contributed by atoms with Crippen molar-refractivity contribution in [3.8, 4) is 0 Å². The van der Waals surface area contributed by atoms with Crippen molar-refractivity contribution in [2.75, 3.05) is 49.2 Å². The zero-order valence-corrected chi connectivity index (χ0v) is 24.6. The van der Waals surface area contributed by atoms with E-state index in [1.165, 1.54) is 0 Å². The lowest BCUT2D eigenvalue weighted by Crippen LogP contribution is -2.55. The number of unbranched alkanes of at least 4 members (excludes halogenated alkanes) is 1. The first kappa shape index (κ1) is 30.2. The number of hydrogen-bond donors (Lipinski definition) is 1. The van der Waals surface area contributed by atoms with E-state index in [9.17, 15) is 19.5 Å². The van der Waals surface area contributed by atoms with Crippen LogP contribution in [0, 0.1) is 11.8 Å². The maximum absolute atomic E-state index is 14.6. The molecule has 9 heteroatoms. The van der Waals surface area contributed by atoms with Gasteiger partial charge in [0.25, 0.3) is 5.91 Å². The van der Waals surface area contributed by atoms with Gasteiger partial charge in [0.2, 0.25) is 5.91 Å². The lowest BCUT2D eigenvalue weighted by molar-refractivity contribution is -0.154. The highest BCUT2D eigenvalue weighted by molar-refractivity contribution is 8.02. The van der Waals surface area contributed by atoms with Gasteiger partial charge in [-0.1, -0.05) is 12.2 Å². The standard InChI is InChI=1S/C31H43N3O5S/c1-5-9-21-39-30(38)25-24-16-17-31(40-24)26(25)28(36)34(19-10-11-20-35)27(31)29(37)33(18-6-2)23-14-12-22(13-15-23)32(7-3)8-4/h5-6,12-15,24-27,35H,1-2,7-11,16-21H2,3-4H3/t24-,25+,26+,27?,31?/m1/s1. The minimum Gasteiger partial charge on any atom is -0.465 e. The lowest BCUT2D eigenvalue weighted by atomic mass is 9.71. The first-order chi connectivity index (χ1) is 19.4. The Balaban J connectivity index is 1.68. The maximum atomic E-state index is 14.6.